The summed E-state index contributed by atoms with van der Waals surface area (Å²) in [5.41, 5.74) is 2.98. The molecule has 0 N–H and O–H groups in total. The van der Waals surface area contributed by atoms with Crippen LogP contribution in [0.3, 0.4) is 0 Å². The Morgan fingerprint density at radius 2 is 1.91 bits per heavy atom. The van der Waals surface area contributed by atoms with E-state index in [1.807, 2.05) is 48.7 Å². The van der Waals surface area contributed by atoms with Crippen LogP contribution in [0.5, 0.6) is 0 Å². The van der Waals surface area contributed by atoms with E-state index in [4.69, 9.17) is 9.40 Å². The number of sulfonamides is 1. The molecule has 0 saturated carbocycles. The van der Waals surface area contributed by atoms with Gasteiger partial charge in [-0.3, -0.25) is 0 Å². The van der Waals surface area contributed by atoms with E-state index in [1.54, 1.807) is 30.5 Å². The molecule has 33 heavy (non-hydrogen) atoms. The topological polar surface area (TPSA) is 92.1 Å². The summed E-state index contributed by atoms with van der Waals surface area (Å²) >= 11 is 1.51. The Morgan fingerprint density at radius 3 is 2.61 bits per heavy atom. The van der Waals surface area contributed by atoms with Crippen molar-refractivity contribution in [1.29, 1.82) is 5.26 Å². The second kappa shape index (κ2) is 9.83. The van der Waals surface area contributed by atoms with Crippen LogP contribution in [0.4, 0.5) is 0 Å². The molecule has 0 fully saturated rings. The third-order valence-corrected chi connectivity index (χ3v) is 8.49. The van der Waals surface area contributed by atoms with Crippen molar-refractivity contribution in [2.75, 3.05) is 13.1 Å². The first-order chi connectivity index (χ1) is 16.0. The van der Waals surface area contributed by atoms with E-state index >= 15 is 0 Å². The lowest BCUT2D eigenvalue weighted by molar-refractivity contribution is 0.445. The predicted octanol–water partition coefficient (Wildman–Crippen LogP) is 4.87. The number of thioether (sulfide) groups is 1. The van der Waals surface area contributed by atoms with Crippen LogP contribution in [-0.4, -0.2) is 35.4 Å². The van der Waals surface area contributed by atoms with Crippen molar-refractivity contribution in [3.8, 4) is 6.07 Å². The molecule has 2 heterocycles. The van der Waals surface area contributed by atoms with Crippen LogP contribution in [0, 0.1) is 11.3 Å². The van der Waals surface area contributed by atoms with Gasteiger partial charge in [-0.2, -0.15) is 9.57 Å². The molecule has 170 valence electrons. The largest absolute Gasteiger partial charge is 0.467 e. The molecule has 0 spiro atoms. The van der Waals surface area contributed by atoms with Gasteiger partial charge in [0.15, 0.2) is 5.16 Å². The highest BCUT2D eigenvalue weighted by molar-refractivity contribution is 7.98. The van der Waals surface area contributed by atoms with Gasteiger partial charge < -0.3 is 8.98 Å². The van der Waals surface area contributed by atoms with Gasteiger partial charge in [0.1, 0.15) is 5.76 Å². The highest BCUT2D eigenvalue weighted by Crippen LogP contribution is 2.30. The molecule has 4 aromatic rings. The summed E-state index contributed by atoms with van der Waals surface area (Å²) in [4.78, 5) is 5.00. The first-order valence-electron chi connectivity index (χ1n) is 10.6. The zero-order valence-corrected chi connectivity index (χ0v) is 20.1. The molecule has 0 amide bonds. The minimum atomic E-state index is -3.59. The molecule has 0 aliphatic heterocycles. The fraction of sp³-hybridized carbons (Fsp3) is 0.250. The fourth-order valence-electron chi connectivity index (χ4n) is 3.68. The second-order valence-electron chi connectivity index (χ2n) is 7.36. The van der Waals surface area contributed by atoms with Crippen molar-refractivity contribution in [1.82, 2.24) is 13.9 Å². The lowest BCUT2D eigenvalue weighted by Gasteiger charge is -2.18. The van der Waals surface area contributed by atoms with Crippen LogP contribution in [-0.2, 0) is 22.3 Å². The molecular formula is C24H24N4O3S2. The highest BCUT2D eigenvalue weighted by Gasteiger charge is 2.23. The number of hydrogen-bond donors (Lipinski definition) is 0. The molecule has 0 saturated heterocycles. The predicted molar refractivity (Wildman–Crippen MR) is 128 cm³/mol. The van der Waals surface area contributed by atoms with Gasteiger partial charge in [0.05, 0.1) is 40.4 Å². The number of benzene rings is 2. The SMILES string of the molecule is CCN(CC)S(=O)(=O)c1ccc2c(c1)nc(SCc1ccccc1C#N)n2Cc1ccco1. The number of hydrogen-bond acceptors (Lipinski definition) is 6. The summed E-state index contributed by atoms with van der Waals surface area (Å²) in [5.74, 6) is 1.34. The Bertz CT molecular complexity index is 1400. The van der Waals surface area contributed by atoms with Crippen molar-refractivity contribution in [3.63, 3.8) is 0 Å². The Balaban J connectivity index is 1.75. The maximum absolute atomic E-state index is 13.0. The number of furan rings is 1. The Labute approximate surface area is 197 Å². The van der Waals surface area contributed by atoms with Crippen LogP contribution in [0.15, 0.2) is 75.3 Å². The number of imidazole rings is 1. The number of nitriles is 1. The van der Waals surface area contributed by atoms with E-state index in [0.29, 0.717) is 36.5 Å². The van der Waals surface area contributed by atoms with Crippen molar-refractivity contribution >= 4 is 32.8 Å². The van der Waals surface area contributed by atoms with E-state index in [1.165, 1.54) is 16.1 Å². The van der Waals surface area contributed by atoms with Gasteiger partial charge in [-0.05, 0) is 42.0 Å². The lowest BCUT2D eigenvalue weighted by atomic mass is 10.1. The Morgan fingerprint density at radius 1 is 1.12 bits per heavy atom. The minimum absolute atomic E-state index is 0.229. The van der Waals surface area contributed by atoms with E-state index < -0.39 is 10.0 Å². The van der Waals surface area contributed by atoms with Crippen LogP contribution in [0.2, 0.25) is 0 Å². The molecule has 2 aromatic heterocycles. The normalized spacial score (nSPS) is 11.8. The zero-order chi connectivity index (χ0) is 23.4. The summed E-state index contributed by atoms with van der Waals surface area (Å²) in [6.45, 7) is 4.93. The minimum Gasteiger partial charge on any atom is -0.467 e. The van der Waals surface area contributed by atoms with Gasteiger partial charge in [0, 0.05) is 18.8 Å². The maximum atomic E-state index is 13.0. The monoisotopic (exact) mass is 480 g/mol. The number of fused-ring (bicyclic) bond motifs is 1. The molecule has 9 heteroatoms. The summed E-state index contributed by atoms with van der Waals surface area (Å²) in [5, 5.41) is 10.1. The number of rotatable bonds is 9. The first-order valence-corrected chi connectivity index (χ1v) is 13.0. The molecule has 2 aromatic carbocycles. The van der Waals surface area contributed by atoms with Gasteiger partial charge in [-0.1, -0.05) is 43.8 Å². The third kappa shape index (κ3) is 4.69. The molecule has 4 rings (SSSR count). The quantitative estimate of drug-likeness (QED) is 0.317. The lowest BCUT2D eigenvalue weighted by Crippen LogP contribution is -2.30. The van der Waals surface area contributed by atoms with Crippen LogP contribution in [0.25, 0.3) is 11.0 Å². The first kappa shape index (κ1) is 23.1. The van der Waals surface area contributed by atoms with E-state index in [0.717, 1.165) is 22.0 Å². The van der Waals surface area contributed by atoms with E-state index in [-0.39, 0.29) is 4.90 Å². The van der Waals surface area contributed by atoms with Crippen molar-refractivity contribution in [2.45, 2.75) is 36.2 Å². The van der Waals surface area contributed by atoms with Gasteiger partial charge in [-0.15, -0.1) is 0 Å². The number of aromatic nitrogens is 2. The van der Waals surface area contributed by atoms with Crippen molar-refractivity contribution in [2.24, 2.45) is 0 Å². The standard InChI is InChI=1S/C24H24N4O3S2/c1-3-27(4-2)33(29,30)21-11-12-23-22(14-21)26-24(28(23)16-20-10-7-13-31-20)32-17-19-9-6-5-8-18(19)15-25/h5-14H,3-4,16-17H2,1-2H3. The summed E-state index contributed by atoms with van der Waals surface area (Å²) in [6, 6.07) is 18.5. The van der Waals surface area contributed by atoms with Crippen LogP contribution in [0.1, 0.15) is 30.7 Å². The van der Waals surface area contributed by atoms with Crippen LogP contribution < -0.4 is 0 Å². The second-order valence-corrected chi connectivity index (χ2v) is 10.2. The Kier molecular flexibility index (Phi) is 6.88. The highest BCUT2D eigenvalue weighted by atomic mass is 32.2. The summed E-state index contributed by atoms with van der Waals surface area (Å²) in [6.07, 6.45) is 1.62. The van der Waals surface area contributed by atoms with E-state index in [9.17, 15) is 13.7 Å². The van der Waals surface area contributed by atoms with Gasteiger partial charge in [0.2, 0.25) is 10.0 Å². The molecule has 0 radical (unpaired) electrons. The van der Waals surface area contributed by atoms with Gasteiger partial charge in [-0.25, -0.2) is 13.4 Å². The summed E-state index contributed by atoms with van der Waals surface area (Å²) < 4.78 is 35.0. The van der Waals surface area contributed by atoms with Gasteiger partial charge >= 0.3 is 0 Å². The molecule has 7 nitrogen and oxygen atoms in total. The fourth-order valence-corrected chi connectivity index (χ4v) is 6.18. The van der Waals surface area contributed by atoms with Crippen molar-refractivity contribution < 1.29 is 12.8 Å². The van der Waals surface area contributed by atoms with Gasteiger partial charge in [0.25, 0.3) is 0 Å². The Hall–Kier alpha value is -3.06. The zero-order valence-electron chi connectivity index (χ0n) is 18.4. The van der Waals surface area contributed by atoms with Crippen LogP contribution >= 0.6 is 11.8 Å². The smallest absolute Gasteiger partial charge is 0.243 e. The molecular weight excluding hydrogens is 456 g/mol. The van der Waals surface area contributed by atoms with E-state index in [2.05, 4.69) is 6.07 Å². The summed E-state index contributed by atoms with van der Waals surface area (Å²) in [7, 11) is -3.59. The maximum Gasteiger partial charge on any atom is 0.243 e. The molecule has 0 bridgehead atoms. The average Bonchev–Trinajstić information content (AvgIpc) is 3.46. The third-order valence-electron chi connectivity index (χ3n) is 5.42. The average molecular weight is 481 g/mol. The molecule has 0 unspecified atom stereocenters. The van der Waals surface area contributed by atoms with Crippen molar-refractivity contribution in [3.05, 3.63) is 77.7 Å². The molecule has 0 atom stereocenters. The molecule has 0 aliphatic carbocycles. The molecule has 0 aliphatic rings. The number of nitrogens with zero attached hydrogens (tertiary/aromatic N) is 4.